The number of carbonyl (C=O) groups excluding carboxylic acids is 1. The lowest BCUT2D eigenvalue weighted by Crippen LogP contribution is -2.45. The number of aliphatic hydroxyl groups excluding tert-OH is 2. The van der Waals surface area contributed by atoms with Crippen LogP contribution in [0.5, 0.6) is 0 Å². The van der Waals surface area contributed by atoms with E-state index in [1.54, 1.807) is 0 Å². The summed E-state index contributed by atoms with van der Waals surface area (Å²) in [7, 11) is 0. The molecule has 0 saturated heterocycles. The first kappa shape index (κ1) is 47.4. The van der Waals surface area contributed by atoms with Gasteiger partial charge in [-0.2, -0.15) is 0 Å². The number of amides is 1. The zero-order valence-corrected chi connectivity index (χ0v) is 33.0. The van der Waals surface area contributed by atoms with Gasteiger partial charge in [-0.1, -0.05) is 239 Å². The summed E-state index contributed by atoms with van der Waals surface area (Å²) in [5, 5.41) is 22.6. The quantitative estimate of drug-likeness (QED) is 0.0563. The second-order valence-corrected chi connectivity index (χ2v) is 15.5. The van der Waals surface area contributed by atoms with E-state index in [1.165, 1.54) is 199 Å². The highest BCUT2D eigenvalue weighted by Crippen LogP contribution is 2.17. The van der Waals surface area contributed by atoms with Crippen LogP contribution in [-0.4, -0.2) is 34.9 Å². The van der Waals surface area contributed by atoms with Gasteiger partial charge < -0.3 is 15.5 Å². The van der Waals surface area contributed by atoms with Crippen LogP contribution in [0.1, 0.15) is 258 Å². The summed E-state index contributed by atoms with van der Waals surface area (Å²) in [6.07, 6.45) is 49.9. The van der Waals surface area contributed by atoms with Crippen molar-refractivity contribution >= 4 is 5.91 Å². The van der Waals surface area contributed by atoms with Gasteiger partial charge in [0.2, 0.25) is 5.91 Å². The molecule has 288 valence electrons. The number of hydrogen-bond acceptors (Lipinski definition) is 3. The molecule has 0 saturated carbocycles. The molecule has 1 amide bonds. The van der Waals surface area contributed by atoms with Crippen LogP contribution in [-0.2, 0) is 4.79 Å². The molecule has 0 aromatic carbocycles. The largest absolute Gasteiger partial charge is 0.394 e. The third-order valence-electron chi connectivity index (χ3n) is 10.6. The maximum absolute atomic E-state index is 12.2. The van der Waals surface area contributed by atoms with E-state index in [2.05, 4.69) is 19.2 Å². The molecule has 0 radical (unpaired) electrons. The second-order valence-electron chi connectivity index (χ2n) is 15.5. The van der Waals surface area contributed by atoms with Crippen LogP contribution in [0, 0.1) is 0 Å². The van der Waals surface area contributed by atoms with Gasteiger partial charge in [0.1, 0.15) is 0 Å². The molecule has 4 nitrogen and oxygen atoms in total. The number of aliphatic hydroxyl groups is 2. The molecule has 48 heavy (non-hydrogen) atoms. The Morgan fingerprint density at radius 3 is 0.938 bits per heavy atom. The maximum atomic E-state index is 12.2. The first-order valence-corrected chi connectivity index (χ1v) is 22.2. The van der Waals surface area contributed by atoms with Crippen molar-refractivity contribution in [3.05, 3.63) is 0 Å². The molecule has 0 aliphatic carbocycles. The van der Waals surface area contributed by atoms with Crippen LogP contribution < -0.4 is 5.32 Å². The number of carbonyl (C=O) groups is 1. The van der Waals surface area contributed by atoms with Crippen molar-refractivity contribution in [2.24, 2.45) is 0 Å². The van der Waals surface area contributed by atoms with E-state index >= 15 is 0 Å². The van der Waals surface area contributed by atoms with Crippen LogP contribution in [0.4, 0.5) is 0 Å². The summed E-state index contributed by atoms with van der Waals surface area (Å²) in [6.45, 7) is 4.23. The Morgan fingerprint density at radius 1 is 0.417 bits per heavy atom. The summed E-state index contributed by atoms with van der Waals surface area (Å²) >= 11 is 0. The lowest BCUT2D eigenvalue weighted by Gasteiger charge is -2.22. The van der Waals surface area contributed by atoms with E-state index in [9.17, 15) is 15.0 Å². The third-order valence-corrected chi connectivity index (χ3v) is 10.6. The Hall–Kier alpha value is -0.610. The van der Waals surface area contributed by atoms with Crippen molar-refractivity contribution in [3.8, 4) is 0 Å². The fraction of sp³-hybridized carbons (Fsp3) is 0.977. The van der Waals surface area contributed by atoms with Crippen molar-refractivity contribution in [2.75, 3.05) is 6.61 Å². The predicted octanol–water partition coefficient (Wildman–Crippen LogP) is 13.7. The first-order chi connectivity index (χ1) is 23.7. The molecule has 2 atom stereocenters. The molecular weight excluding hydrogens is 590 g/mol. The minimum Gasteiger partial charge on any atom is -0.394 e. The van der Waals surface area contributed by atoms with Crippen molar-refractivity contribution in [1.82, 2.24) is 5.32 Å². The van der Waals surface area contributed by atoms with Gasteiger partial charge in [0.15, 0.2) is 0 Å². The van der Waals surface area contributed by atoms with Crippen LogP contribution in [0.25, 0.3) is 0 Å². The Labute approximate surface area is 302 Å². The van der Waals surface area contributed by atoms with Gasteiger partial charge in [0.25, 0.3) is 0 Å². The standard InChI is InChI=1S/C44H89NO3/c1-3-5-7-8-9-10-11-12-13-14-15-16-17-18-19-20-21-22-23-24-25-26-27-28-29-30-31-32-33-34-35-36-38-40-44(48)45-42(41-46)43(47)39-37-6-4-2/h42-43,46-47H,3-41H2,1-2H3,(H,45,48). The smallest absolute Gasteiger partial charge is 0.220 e. The van der Waals surface area contributed by atoms with E-state index in [4.69, 9.17) is 0 Å². The van der Waals surface area contributed by atoms with Crippen molar-refractivity contribution in [2.45, 2.75) is 270 Å². The predicted molar refractivity (Wildman–Crippen MR) is 212 cm³/mol. The van der Waals surface area contributed by atoms with Gasteiger partial charge in [-0.05, 0) is 12.8 Å². The fourth-order valence-electron chi connectivity index (χ4n) is 7.19. The molecule has 0 aliphatic heterocycles. The third kappa shape index (κ3) is 36.7. The van der Waals surface area contributed by atoms with Gasteiger partial charge in [-0.15, -0.1) is 0 Å². The number of rotatable bonds is 41. The molecule has 0 spiro atoms. The number of nitrogens with one attached hydrogen (secondary N) is 1. The van der Waals surface area contributed by atoms with Crippen LogP contribution in [0.15, 0.2) is 0 Å². The summed E-state index contributed by atoms with van der Waals surface area (Å²) in [5.74, 6) is -0.0377. The summed E-state index contributed by atoms with van der Waals surface area (Å²) in [5.41, 5.74) is 0. The SMILES string of the molecule is CCCCCCCCCCCCCCCCCCCCCCCCCCCCCCCCCCCC(=O)NC(CO)C(O)CCCCC. The van der Waals surface area contributed by atoms with Crippen molar-refractivity contribution < 1.29 is 15.0 Å². The summed E-state index contributed by atoms with van der Waals surface area (Å²) in [4.78, 5) is 12.2. The molecule has 0 heterocycles. The van der Waals surface area contributed by atoms with E-state index in [0.29, 0.717) is 12.8 Å². The second kappa shape index (κ2) is 40.8. The number of hydrogen-bond donors (Lipinski definition) is 3. The molecular formula is C44H89NO3. The van der Waals surface area contributed by atoms with Crippen molar-refractivity contribution in [1.29, 1.82) is 0 Å². The fourth-order valence-corrected chi connectivity index (χ4v) is 7.19. The Balaban J connectivity index is 3.23. The molecule has 0 aromatic heterocycles. The normalized spacial score (nSPS) is 12.8. The lowest BCUT2D eigenvalue weighted by atomic mass is 10.0. The topological polar surface area (TPSA) is 69.6 Å². The van der Waals surface area contributed by atoms with Crippen LogP contribution in [0.3, 0.4) is 0 Å². The molecule has 0 aromatic rings. The first-order valence-electron chi connectivity index (χ1n) is 22.2. The van der Waals surface area contributed by atoms with Gasteiger partial charge in [-0.3, -0.25) is 4.79 Å². The molecule has 2 unspecified atom stereocenters. The van der Waals surface area contributed by atoms with Gasteiger partial charge in [0.05, 0.1) is 18.8 Å². The molecule has 0 aliphatic rings. The van der Waals surface area contributed by atoms with E-state index in [-0.39, 0.29) is 12.5 Å². The van der Waals surface area contributed by atoms with Gasteiger partial charge in [-0.25, -0.2) is 0 Å². The van der Waals surface area contributed by atoms with Gasteiger partial charge >= 0.3 is 0 Å². The molecule has 0 fully saturated rings. The highest BCUT2D eigenvalue weighted by molar-refractivity contribution is 5.76. The van der Waals surface area contributed by atoms with Crippen LogP contribution >= 0.6 is 0 Å². The average molecular weight is 680 g/mol. The summed E-state index contributed by atoms with van der Waals surface area (Å²) in [6, 6.07) is -0.525. The molecule has 4 heteroatoms. The Bertz CT molecular complexity index is 612. The minimum absolute atomic E-state index is 0.0377. The minimum atomic E-state index is -0.649. The van der Waals surface area contributed by atoms with E-state index < -0.39 is 12.1 Å². The Kier molecular flexibility index (Phi) is 40.3. The molecule has 3 N–H and O–H groups in total. The number of unbranched alkanes of at least 4 members (excludes halogenated alkanes) is 34. The molecule has 0 rings (SSSR count). The molecule has 0 bridgehead atoms. The highest BCUT2D eigenvalue weighted by Gasteiger charge is 2.19. The lowest BCUT2D eigenvalue weighted by molar-refractivity contribution is -0.123. The van der Waals surface area contributed by atoms with E-state index in [0.717, 1.165) is 32.1 Å². The highest BCUT2D eigenvalue weighted by atomic mass is 16.3. The monoisotopic (exact) mass is 680 g/mol. The van der Waals surface area contributed by atoms with E-state index in [1.807, 2.05) is 0 Å². The Morgan fingerprint density at radius 2 is 0.667 bits per heavy atom. The zero-order chi connectivity index (χ0) is 35.0. The zero-order valence-electron chi connectivity index (χ0n) is 33.0. The average Bonchev–Trinajstić information content (AvgIpc) is 3.09. The van der Waals surface area contributed by atoms with Gasteiger partial charge in [0, 0.05) is 6.42 Å². The van der Waals surface area contributed by atoms with Crippen molar-refractivity contribution in [3.63, 3.8) is 0 Å². The van der Waals surface area contributed by atoms with Crippen LogP contribution in [0.2, 0.25) is 0 Å². The maximum Gasteiger partial charge on any atom is 0.220 e. The summed E-state index contributed by atoms with van der Waals surface area (Å²) < 4.78 is 0.